The number of nitrogens with one attached hydrogen (secondary N) is 2. The maximum atomic E-state index is 5.11. The van der Waals surface area contributed by atoms with Gasteiger partial charge in [0.15, 0.2) is 0 Å². The van der Waals surface area contributed by atoms with Crippen LogP contribution in [0.3, 0.4) is 0 Å². The largest absolute Gasteiger partial charge is 0.383 e. The first kappa shape index (κ1) is 14.7. The Bertz CT molecular complexity index is 333. The molecule has 0 aliphatic carbocycles. The minimum atomic E-state index is 0.230. The van der Waals surface area contributed by atoms with E-state index in [1.165, 1.54) is 0 Å². The Hall–Kier alpha value is -1.36. The quantitative estimate of drug-likeness (QED) is 0.743. The van der Waals surface area contributed by atoms with Crippen LogP contribution in [0.2, 0.25) is 0 Å². The van der Waals surface area contributed by atoms with Crippen LogP contribution in [0.1, 0.15) is 33.0 Å². The lowest BCUT2D eigenvalue weighted by Gasteiger charge is -2.15. The average molecular weight is 252 g/mol. The van der Waals surface area contributed by atoms with Crippen LogP contribution < -0.4 is 10.6 Å². The maximum absolute atomic E-state index is 5.11. The predicted octanol–water partition coefficient (Wildman–Crippen LogP) is 2.31. The van der Waals surface area contributed by atoms with Crippen LogP contribution in [0, 0.1) is 0 Å². The van der Waals surface area contributed by atoms with E-state index in [2.05, 4.69) is 41.4 Å². The van der Waals surface area contributed by atoms with Crippen molar-refractivity contribution in [3.63, 3.8) is 0 Å². The van der Waals surface area contributed by atoms with E-state index in [1.54, 1.807) is 7.11 Å². The van der Waals surface area contributed by atoms with Crippen molar-refractivity contribution in [2.24, 2.45) is 0 Å². The number of methoxy groups -OCH3 is 1. The molecule has 0 amide bonds. The lowest BCUT2D eigenvalue weighted by Crippen LogP contribution is -2.22. The zero-order valence-corrected chi connectivity index (χ0v) is 11.8. The second-order valence-electron chi connectivity index (χ2n) is 4.34. The minimum Gasteiger partial charge on any atom is -0.383 e. The van der Waals surface area contributed by atoms with Gasteiger partial charge in [0.05, 0.1) is 6.61 Å². The van der Waals surface area contributed by atoms with Crippen molar-refractivity contribution in [2.75, 3.05) is 30.9 Å². The molecule has 0 aliphatic heterocycles. The summed E-state index contributed by atoms with van der Waals surface area (Å²) in [4.78, 5) is 8.98. The number of nitrogens with zero attached hydrogens (tertiary/aromatic N) is 2. The van der Waals surface area contributed by atoms with Crippen LogP contribution in [-0.2, 0) is 11.2 Å². The smallest absolute Gasteiger partial charge is 0.133 e. The van der Waals surface area contributed by atoms with Gasteiger partial charge >= 0.3 is 0 Å². The first-order valence-electron chi connectivity index (χ1n) is 6.56. The van der Waals surface area contributed by atoms with Gasteiger partial charge in [-0.05, 0) is 20.3 Å². The Kier molecular flexibility index (Phi) is 6.43. The molecule has 5 heteroatoms. The highest BCUT2D eigenvalue weighted by atomic mass is 16.5. The van der Waals surface area contributed by atoms with E-state index in [9.17, 15) is 0 Å². The number of ether oxygens (including phenoxy) is 1. The molecular formula is C13H24N4O. The molecule has 1 rings (SSSR count). The van der Waals surface area contributed by atoms with Gasteiger partial charge in [0.1, 0.15) is 17.5 Å². The zero-order valence-electron chi connectivity index (χ0n) is 11.8. The SMILES string of the molecule is CCCc1nc(NCC)cc(NC(C)COC)n1. The Morgan fingerprint density at radius 1 is 1.28 bits per heavy atom. The molecule has 0 fully saturated rings. The minimum absolute atomic E-state index is 0.230. The van der Waals surface area contributed by atoms with Gasteiger partial charge in [0, 0.05) is 32.2 Å². The molecule has 0 aliphatic rings. The molecule has 0 spiro atoms. The van der Waals surface area contributed by atoms with Gasteiger partial charge in [-0.2, -0.15) is 0 Å². The van der Waals surface area contributed by atoms with Crippen molar-refractivity contribution in [3.8, 4) is 0 Å². The van der Waals surface area contributed by atoms with E-state index in [-0.39, 0.29) is 6.04 Å². The second kappa shape index (κ2) is 7.87. The zero-order chi connectivity index (χ0) is 13.4. The van der Waals surface area contributed by atoms with E-state index in [1.807, 2.05) is 6.07 Å². The third-order valence-corrected chi connectivity index (χ3v) is 2.41. The third kappa shape index (κ3) is 4.87. The van der Waals surface area contributed by atoms with Gasteiger partial charge in [-0.15, -0.1) is 0 Å². The summed E-state index contributed by atoms with van der Waals surface area (Å²) >= 11 is 0. The van der Waals surface area contributed by atoms with Gasteiger partial charge in [0.25, 0.3) is 0 Å². The van der Waals surface area contributed by atoms with Gasteiger partial charge in [-0.1, -0.05) is 6.92 Å². The first-order valence-corrected chi connectivity index (χ1v) is 6.56. The number of anilines is 2. The lowest BCUT2D eigenvalue weighted by molar-refractivity contribution is 0.190. The fourth-order valence-electron chi connectivity index (χ4n) is 1.72. The highest BCUT2D eigenvalue weighted by Crippen LogP contribution is 2.13. The highest BCUT2D eigenvalue weighted by Gasteiger charge is 2.06. The van der Waals surface area contributed by atoms with E-state index in [4.69, 9.17) is 4.74 Å². The van der Waals surface area contributed by atoms with Crippen molar-refractivity contribution in [1.82, 2.24) is 9.97 Å². The summed E-state index contributed by atoms with van der Waals surface area (Å²) in [6.45, 7) is 7.77. The molecule has 1 atom stereocenters. The summed E-state index contributed by atoms with van der Waals surface area (Å²) in [5.74, 6) is 2.61. The van der Waals surface area contributed by atoms with E-state index in [0.29, 0.717) is 6.61 Å². The Morgan fingerprint density at radius 2 is 2.00 bits per heavy atom. The summed E-state index contributed by atoms with van der Waals surface area (Å²) < 4.78 is 5.11. The fourth-order valence-corrected chi connectivity index (χ4v) is 1.72. The molecule has 0 bridgehead atoms. The summed E-state index contributed by atoms with van der Waals surface area (Å²) in [7, 11) is 1.70. The Labute approximate surface area is 109 Å². The van der Waals surface area contributed by atoms with Crippen LogP contribution in [0.5, 0.6) is 0 Å². The molecule has 18 heavy (non-hydrogen) atoms. The van der Waals surface area contributed by atoms with Crippen molar-refractivity contribution in [3.05, 3.63) is 11.9 Å². The first-order chi connectivity index (χ1) is 8.69. The summed E-state index contributed by atoms with van der Waals surface area (Å²) in [6, 6.07) is 2.17. The molecule has 1 heterocycles. The van der Waals surface area contributed by atoms with Gasteiger partial charge in [-0.25, -0.2) is 9.97 Å². The molecule has 0 radical (unpaired) electrons. The van der Waals surface area contributed by atoms with Crippen molar-refractivity contribution < 1.29 is 4.74 Å². The number of hydrogen-bond donors (Lipinski definition) is 2. The van der Waals surface area contributed by atoms with Gasteiger partial charge in [-0.3, -0.25) is 0 Å². The average Bonchev–Trinajstić information content (AvgIpc) is 2.29. The maximum Gasteiger partial charge on any atom is 0.133 e. The molecule has 0 aromatic carbocycles. The van der Waals surface area contributed by atoms with E-state index in [0.717, 1.165) is 36.8 Å². The summed E-state index contributed by atoms with van der Waals surface area (Å²) in [6.07, 6.45) is 1.94. The van der Waals surface area contributed by atoms with Crippen LogP contribution >= 0.6 is 0 Å². The predicted molar refractivity (Wildman–Crippen MR) is 75.2 cm³/mol. The van der Waals surface area contributed by atoms with Crippen LogP contribution in [-0.4, -0.2) is 36.3 Å². The molecule has 5 nitrogen and oxygen atoms in total. The molecular weight excluding hydrogens is 228 g/mol. The third-order valence-electron chi connectivity index (χ3n) is 2.41. The van der Waals surface area contributed by atoms with Crippen molar-refractivity contribution in [2.45, 2.75) is 39.7 Å². The van der Waals surface area contributed by atoms with Crippen molar-refractivity contribution in [1.29, 1.82) is 0 Å². The second-order valence-corrected chi connectivity index (χ2v) is 4.34. The van der Waals surface area contributed by atoms with Gasteiger partial charge in [0.2, 0.25) is 0 Å². The molecule has 0 saturated heterocycles. The van der Waals surface area contributed by atoms with Crippen LogP contribution in [0.15, 0.2) is 6.07 Å². The number of aromatic nitrogens is 2. The standard InChI is InChI=1S/C13H24N4O/c1-5-7-11-16-12(14-6-2)8-13(17-11)15-10(3)9-18-4/h8,10H,5-7,9H2,1-4H3,(H2,14,15,16,17). The molecule has 1 aromatic heterocycles. The van der Waals surface area contributed by atoms with E-state index < -0.39 is 0 Å². The number of aryl methyl sites for hydroxylation is 1. The Morgan fingerprint density at radius 3 is 2.61 bits per heavy atom. The number of rotatable bonds is 8. The van der Waals surface area contributed by atoms with Crippen LogP contribution in [0.4, 0.5) is 11.6 Å². The summed E-state index contributed by atoms with van der Waals surface area (Å²) in [5, 5.41) is 6.55. The Balaban J connectivity index is 2.81. The normalized spacial score (nSPS) is 12.2. The topological polar surface area (TPSA) is 59.1 Å². The summed E-state index contributed by atoms with van der Waals surface area (Å²) in [5.41, 5.74) is 0. The molecule has 2 N–H and O–H groups in total. The highest BCUT2D eigenvalue weighted by molar-refractivity contribution is 5.48. The monoisotopic (exact) mass is 252 g/mol. The number of hydrogen-bond acceptors (Lipinski definition) is 5. The van der Waals surface area contributed by atoms with Crippen molar-refractivity contribution >= 4 is 11.6 Å². The lowest BCUT2D eigenvalue weighted by atomic mass is 10.3. The van der Waals surface area contributed by atoms with Gasteiger partial charge < -0.3 is 15.4 Å². The van der Waals surface area contributed by atoms with Crippen LogP contribution in [0.25, 0.3) is 0 Å². The molecule has 102 valence electrons. The molecule has 1 unspecified atom stereocenters. The molecule has 0 saturated carbocycles. The fraction of sp³-hybridized carbons (Fsp3) is 0.692. The van der Waals surface area contributed by atoms with E-state index >= 15 is 0 Å². The molecule has 1 aromatic rings.